The number of hydrogen-bond acceptors (Lipinski definition) is 11. The van der Waals surface area contributed by atoms with E-state index in [4.69, 9.17) is 14.2 Å². The Balaban J connectivity index is 1.54. The molecule has 1 aliphatic rings. The summed E-state index contributed by atoms with van der Waals surface area (Å²) in [6.45, 7) is -0.0231. The second-order valence-corrected chi connectivity index (χ2v) is 15.0. The van der Waals surface area contributed by atoms with Gasteiger partial charge in [-0.15, -0.1) is 10.2 Å². The predicted octanol–water partition coefficient (Wildman–Crippen LogP) is 3.87. The summed E-state index contributed by atoms with van der Waals surface area (Å²) in [4.78, 5) is 14.9. The Morgan fingerprint density at radius 3 is 1.87 bits per heavy atom. The van der Waals surface area contributed by atoms with Crippen molar-refractivity contribution in [3.63, 3.8) is 0 Å². The standard InChI is InChI=1S/C36H38N6O9S2/c1-49-27-12-6-24(7-13-27)21-40(22-25-8-14-28(50-2)15-9-25)53(47,48)34-32(52(45)46)19-18-30(41-20-4-5-31(43)36(41)44)33(34)35-37-39-42(38-35)23-26-10-16-29(51-3)17-11-26/h6-19,31,43H,4-5,20-23H2,1-3H3,(H,45,46). The highest BCUT2D eigenvalue weighted by molar-refractivity contribution is 7.90. The quantitative estimate of drug-likeness (QED) is 0.156. The fourth-order valence-corrected chi connectivity index (χ4v) is 8.66. The molecule has 6 rings (SSSR count). The van der Waals surface area contributed by atoms with Crippen molar-refractivity contribution in [1.29, 1.82) is 0 Å². The van der Waals surface area contributed by atoms with E-state index < -0.39 is 42.9 Å². The molecule has 0 aliphatic carbocycles. The predicted molar refractivity (Wildman–Crippen MR) is 194 cm³/mol. The number of benzene rings is 4. The first-order chi connectivity index (χ1) is 25.5. The van der Waals surface area contributed by atoms with Crippen LogP contribution in [0.3, 0.4) is 0 Å². The van der Waals surface area contributed by atoms with Gasteiger partial charge in [0.1, 0.15) is 28.2 Å². The zero-order valence-corrected chi connectivity index (χ0v) is 30.8. The maximum absolute atomic E-state index is 15.2. The summed E-state index contributed by atoms with van der Waals surface area (Å²) in [7, 11) is -0.149. The molecule has 0 radical (unpaired) electrons. The van der Waals surface area contributed by atoms with E-state index >= 15 is 8.42 Å². The second-order valence-electron chi connectivity index (χ2n) is 12.1. The minimum Gasteiger partial charge on any atom is -0.497 e. The molecule has 2 N–H and O–H groups in total. The summed E-state index contributed by atoms with van der Waals surface area (Å²) in [6, 6.07) is 23.4. The van der Waals surface area contributed by atoms with Crippen molar-refractivity contribution in [2.75, 3.05) is 32.8 Å². The Kier molecular flexibility index (Phi) is 11.5. The largest absolute Gasteiger partial charge is 0.497 e. The van der Waals surface area contributed by atoms with E-state index in [2.05, 4.69) is 15.4 Å². The number of methoxy groups -OCH3 is 3. The zero-order valence-electron chi connectivity index (χ0n) is 29.2. The Morgan fingerprint density at radius 1 is 0.830 bits per heavy atom. The molecule has 15 nitrogen and oxygen atoms in total. The lowest BCUT2D eigenvalue weighted by Gasteiger charge is -2.32. The number of piperidine rings is 1. The molecule has 1 aromatic heterocycles. The number of sulfonamides is 1. The van der Waals surface area contributed by atoms with E-state index in [1.54, 1.807) is 67.8 Å². The first-order valence-corrected chi connectivity index (χ1v) is 19.0. The van der Waals surface area contributed by atoms with Crippen LogP contribution in [0.4, 0.5) is 5.69 Å². The normalized spacial score (nSPS) is 15.4. The third-order valence-electron chi connectivity index (χ3n) is 8.78. The van der Waals surface area contributed by atoms with Crippen LogP contribution < -0.4 is 19.1 Å². The molecule has 2 atom stereocenters. The van der Waals surface area contributed by atoms with E-state index in [0.717, 1.165) is 5.56 Å². The Hall–Kier alpha value is -5.20. The van der Waals surface area contributed by atoms with Gasteiger partial charge in [-0.2, -0.15) is 9.10 Å². The number of tetrazole rings is 1. The lowest BCUT2D eigenvalue weighted by atomic mass is 10.0. The van der Waals surface area contributed by atoms with Crippen LogP contribution in [0.2, 0.25) is 0 Å². The molecule has 53 heavy (non-hydrogen) atoms. The van der Waals surface area contributed by atoms with Crippen molar-refractivity contribution in [2.45, 2.75) is 48.4 Å². The van der Waals surface area contributed by atoms with Gasteiger partial charge < -0.3 is 28.8 Å². The summed E-state index contributed by atoms with van der Waals surface area (Å²) in [5, 5.41) is 23.5. The van der Waals surface area contributed by atoms with Crippen molar-refractivity contribution in [1.82, 2.24) is 24.5 Å². The van der Waals surface area contributed by atoms with Gasteiger partial charge in [-0.3, -0.25) is 4.79 Å². The molecule has 0 saturated carbocycles. The summed E-state index contributed by atoms with van der Waals surface area (Å²) in [5.41, 5.74) is 1.82. The van der Waals surface area contributed by atoms with Crippen molar-refractivity contribution in [3.8, 4) is 28.6 Å². The molecule has 1 amide bonds. The summed E-state index contributed by atoms with van der Waals surface area (Å²) in [6.07, 6.45) is -0.688. The molecule has 278 valence electrons. The number of anilines is 1. The van der Waals surface area contributed by atoms with Gasteiger partial charge in [-0.25, -0.2) is 12.6 Å². The first-order valence-electron chi connectivity index (χ1n) is 16.5. The SMILES string of the molecule is COc1ccc(CN(Cc2ccc(OC)cc2)S(=O)(=O)c2c(S(=O)O)ccc(N3CCCC(O)C3=O)c2-c2nnn(Cc3ccc(OC)cc3)n2)cc1. The maximum Gasteiger partial charge on any atom is 0.255 e. The van der Waals surface area contributed by atoms with E-state index in [1.807, 2.05) is 12.1 Å². The van der Waals surface area contributed by atoms with Crippen LogP contribution in [0.15, 0.2) is 94.7 Å². The molecule has 5 aromatic rings. The molecular formula is C36H38N6O9S2. The molecule has 1 saturated heterocycles. The van der Waals surface area contributed by atoms with Gasteiger partial charge >= 0.3 is 0 Å². The van der Waals surface area contributed by atoms with Gasteiger partial charge in [0, 0.05) is 19.6 Å². The van der Waals surface area contributed by atoms with E-state index in [1.165, 1.54) is 40.4 Å². The third-order valence-corrected chi connectivity index (χ3v) is 11.5. The molecular weight excluding hydrogens is 725 g/mol. The Bertz CT molecular complexity index is 2150. The van der Waals surface area contributed by atoms with Gasteiger partial charge in [0.15, 0.2) is 11.1 Å². The van der Waals surface area contributed by atoms with E-state index in [0.29, 0.717) is 34.8 Å². The topological polar surface area (TPSA) is 187 Å². The number of amides is 1. The number of rotatable bonds is 14. The monoisotopic (exact) mass is 762 g/mol. The average molecular weight is 763 g/mol. The number of carbonyl (C=O) groups excluding carboxylic acids is 1. The van der Waals surface area contributed by atoms with Gasteiger partial charge in [0.2, 0.25) is 15.8 Å². The molecule has 0 bridgehead atoms. The van der Waals surface area contributed by atoms with Crippen LogP contribution in [-0.4, -0.2) is 86.7 Å². The summed E-state index contributed by atoms with van der Waals surface area (Å²) in [5.74, 6) is 0.933. The van der Waals surface area contributed by atoms with Crippen LogP contribution in [0, 0.1) is 0 Å². The summed E-state index contributed by atoms with van der Waals surface area (Å²) < 4.78 is 71.1. The second kappa shape index (κ2) is 16.2. The fourth-order valence-electron chi connectivity index (χ4n) is 6.01. The minimum atomic E-state index is -4.75. The van der Waals surface area contributed by atoms with Crippen LogP contribution in [0.1, 0.15) is 29.5 Å². The Labute approximate surface area is 309 Å². The average Bonchev–Trinajstić information content (AvgIpc) is 3.64. The molecule has 17 heteroatoms. The molecule has 0 spiro atoms. The van der Waals surface area contributed by atoms with Gasteiger partial charge in [-0.1, -0.05) is 36.4 Å². The smallest absolute Gasteiger partial charge is 0.255 e. The highest BCUT2D eigenvalue weighted by atomic mass is 32.2. The third kappa shape index (κ3) is 8.23. The van der Waals surface area contributed by atoms with Gasteiger partial charge in [0.05, 0.1) is 44.0 Å². The van der Waals surface area contributed by atoms with Crippen LogP contribution in [-0.2, 0) is 45.5 Å². The minimum absolute atomic E-state index is 0.0411. The highest BCUT2D eigenvalue weighted by Gasteiger charge is 2.38. The lowest BCUT2D eigenvalue weighted by molar-refractivity contribution is -0.128. The molecule has 2 unspecified atom stereocenters. The van der Waals surface area contributed by atoms with Crippen molar-refractivity contribution in [2.24, 2.45) is 0 Å². The van der Waals surface area contributed by atoms with Gasteiger partial charge in [0.25, 0.3) is 5.91 Å². The van der Waals surface area contributed by atoms with Crippen molar-refractivity contribution >= 4 is 32.7 Å². The Morgan fingerprint density at radius 2 is 1.36 bits per heavy atom. The molecule has 2 heterocycles. The maximum atomic E-state index is 15.2. The lowest BCUT2D eigenvalue weighted by Crippen LogP contribution is -2.44. The van der Waals surface area contributed by atoms with Gasteiger partial charge in [-0.05, 0) is 83.3 Å². The fraction of sp³-hybridized carbons (Fsp3) is 0.278. The number of carbonyl (C=O) groups is 1. The number of ether oxygens (including phenoxy) is 3. The first kappa shape index (κ1) is 37.6. The number of aromatic nitrogens is 4. The van der Waals surface area contributed by atoms with E-state index in [-0.39, 0.29) is 49.7 Å². The van der Waals surface area contributed by atoms with Crippen molar-refractivity contribution in [3.05, 3.63) is 102 Å². The zero-order chi connectivity index (χ0) is 37.7. The number of hydrogen-bond donors (Lipinski definition) is 2. The van der Waals surface area contributed by atoms with Crippen molar-refractivity contribution < 1.29 is 41.3 Å². The molecule has 4 aromatic carbocycles. The number of aliphatic hydroxyl groups is 1. The van der Waals surface area contributed by atoms with Crippen LogP contribution >= 0.6 is 0 Å². The summed E-state index contributed by atoms with van der Waals surface area (Å²) >= 11 is -2.83. The molecule has 1 fully saturated rings. The van der Waals surface area contributed by atoms with Crippen LogP contribution in [0.5, 0.6) is 17.2 Å². The van der Waals surface area contributed by atoms with Crippen LogP contribution in [0.25, 0.3) is 11.4 Å². The van der Waals surface area contributed by atoms with E-state index in [9.17, 15) is 18.7 Å². The highest BCUT2D eigenvalue weighted by Crippen LogP contribution is 2.41. The number of nitrogens with zero attached hydrogens (tertiary/aromatic N) is 6. The number of aliphatic hydroxyl groups excluding tert-OH is 1. The molecule has 1 aliphatic heterocycles.